The van der Waals surface area contributed by atoms with Crippen LogP contribution in [0.25, 0.3) is 5.57 Å². The van der Waals surface area contributed by atoms with Gasteiger partial charge < -0.3 is 10.1 Å². The molecule has 4 rings (SSSR count). The van der Waals surface area contributed by atoms with Gasteiger partial charge in [0.15, 0.2) is 12.0 Å². The lowest BCUT2D eigenvalue weighted by Crippen LogP contribution is -2.17. The van der Waals surface area contributed by atoms with Crippen LogP contribution in [0.15, 0.2) is 60.5 Å². The molecule has 1 heterocycles. The molecule has 23 heavy (non-hydrogen) atoms. The summed E-state index contributed by atoms with van der Waals surface area (Å²) < 4.78 is 6.04. The topological polar surface area (TPSA) is 38.3 Å². The lowest BCUT2D eigenvalue weighted by Gasteiger charge is -2.12. The Kier molecular flexibility index (Phi) is 3.41. The summed E-state index contributed by atoms with van der Waals surface area (Å²) in [6.07, 6.45) is 1.73. The van der Waals surface area contributed by atoms with Gasteiger partial charge in [-0.3, -0.25) is 4.79 Å². The molecule has 3 nitrogen and oxygen atoms in total. The molecule has 1 aliphatic carbocycles. The summed E-state index contributed by atoms with van der Waals surface area (Å²) >= 11 is 0. The van der Waals surface area contributed by atoms with E-state index in [1.54, 1.807) is 0 Å². The Morgan fingerprint density at radius 1 is 1.04 bits per heavy atom. The first kappa shape index (κ1) is 14.1. The van der Waals surface area contributed by atoms with Crippen LogP contribution in [0.4, 0.5) is 0 Å². The number of nitrogens with one attached hydrogen (secondary N) is 1. The van der Waals surface area contributed by atoms with Crippen molar-refractivity contribution in [2.75, 3.05) is 0 Å². The van der Waals surface area contributed by atoms with Gasteiger partial charge in [0.2, 0.25) is 5.78 Å². The van der Waals surface area contributed by atoms with Gasteiger partial charge in [0, 0.05) is 11.6 Å². The summed E-state index contributed by atoms with van der Waals surface area (Å²) in [6, 6.07) is 18.2. The van der Waals surface area contributed by atoms with Crippen LogP contribution in [-0.2, 0) is 9.53 Å². The monoisotopic (exact) mass is 305 g/mol. The zero-order chi connectivity index (χ0) is 15.8. The van der Waals surface area contributed by atoms with Gasteiger partial charge in [-0.15, -0.1) is 0 Å². The molecule has 2 aliphatic rings. The Labute approximate surface area is 136 Å². The van der Waals surface area contributed by atoms with Gasteiger partial charge in [-0.2, -0.15) is 0 Å². The lowest BCUT2D eigenvalue weighted by atomic mass is 9.96. The number of hydrogen-bond acceptors (Lipinski definition) is 3. The fourth-order valence-electron chi connectivity index (χ4n) is 2.91. The van der Waals surface area contributed by atoms with Crippen LogP contribution in [0.5, 0.6) is 0 Å². The zero-order valence-electron chi connectivity index (χ0n) is 13.1. The van der Waals surface area contributed by atoms with Gasteiger partial charge in [-0.05, 0) is 25.3 Å². The fraction of sp³-hybridized carbons (Fsp3) is 0.250. The van der Waals surface area contributed by atoms with Gasteiger partial charge in [0.25, 0.3) is 0 Å². The van der Waals surface area contributed by atoms with Crippen molar-refractivity contribution < 1.29 is 9.53 Å². The van der Waals surface area contributed by atoms with Crippen molar-refractivity contribution in [3.05, 3.63) is 77.2 Å². The first-order valence-corrected chi connectivity index (χ1v) is 8.06. The largest absolute Gasteiger partial charge is 0.462 e. The van der Waals surface area contributed by atoms with Gasteiger partial charge in [0.05, 0.1) is 5.57 Å². The van der Waals surface area contributed by atoms with Gasteiger partial charge >= 0.3 is 0 Å². The van der Waals surface area contributed by atoms with E-state index < -0.39 is 6.10 Å². The minimum absolute atomic E-state index is 0.0324. The van der Waals surface area contributed by atoms with E-state index in [0.29, 0.717) is 17.5 Å². The molecule has 1 fully saturated rings. The van der Waals surface area contributed by atoms with Crippen molar-refractivity contribution >= 4 is 11.4 Å². The highest BCUT2D eigenvalue weighted by atomic mass is 16.5. The molecule has 2 aromatic rings. The van der Waals surface area contributed by atoms with Gasteiger partial charge in [-0.1, -0.05) is 60.2 Å². The number of carbonyl (C=O) groups is 1. The number of Topliss-reactive ketones (excluding diaryl/α,β-unsaturated/α-hetero) is 1. The second-order valence-electron chi connectivity index (χ2n) is 6.27. The smallest absolute Gasteiger partial charge is 0.213 e. The normalized spacial score (nSPS) is 20.6. The average Bonchev–Trinajstić information content (AvgIpc) is 3.31. The van der Waals surface area contributed by atoms with Crippen LogP contribution in [0.3, 0.4) is 0 Å². The van der Waals surface area contributed by atoms with Crippen LogP contribution in [-0.4, -0.2) is 11.8 Å². The lowest BCUT2D eigenvalue weighted by molar-refractivity contribution is -0.120. The Morgan fingerprint density at radius 3 is 2.52 bits per heavy atom. The Morgan fingerprint density at radius 2 is 1.83 bits per heavy atom. The third-order valence-corrected chi connectivity index (χ3v) is 4.27. The van der Waals surface area contributed by atoms with E-state index in [2.05, 4.69) is 5.32 Å². The molecule has 0 saturated heterocycles. The Bertz CT molecular complexity index is 775. The Balaban J connectivity index is 1.73. The summed E-state index contributed by atoms with van der Waals surface area (Å²) in [5.41, 5.74) is 3.64. The van der Waals surface area contributed by atoms with Crippen molar-refractivity contribution in [1.82, 2.24) is 5.32 Å². The maximum atomic E-state index is 13.0. The minimum atomic E-state index is -0.548. The molecule has 116 valence electrons. The highest BCUT2D eigenvalue weighted by Gasteiger charge is 2.39. The van der Waals surface area contributed by atoms with E-state index in [0.717, 1.165) is 29.5 Å². The number of benzene rings is 2. The van der Waals surface area contributed by atoms with E-state index in [-0.39, 0.29) is 5.78 Å². The van der Waals surface area contributed by atoms with E-state index >= 15 is 0 Å². The second kappa shape index (κ2) is 5.58. The first-order chi connectivity index (χ1) is 11.2. The predicted octanol–water partition coefficient (Wildman–Crippen LogP) is 3.76. The van der Waals surface area contributed by atoms with Crippen molar-refractivity contribution in [3.8, 4) is 0 Å². The molecule has 1 aliphatic heterocycles. The van der Waals surface area contributed by atoms with Crippen LogP contribution >= 0.6 is 0 Å². The summed E-state index contributed by atoms with van der Waals surface area (Å²) in [4.78, 5) is 13.0. The average molecular weight is 305 g/mol. The number of carbonyl (C=O) groups excluding carboxylic acids is 1. The third kappa shape index (κ3) is 2.74. The molecule has 1 atom stereocenters. The summed E-state index contributed by atoms with van der Waals surface area (Å²) in [5.74, 6) is 0.668. The van der Waals surface area contributed by atoms with Crippen molar-refractivity contribution in [3.63, 3.8) is 0 Å². The highest BCUT2D eigenvalue weighted by molar-refractivity contribution is 6.25. The van der Waals surface area contributed by atoms with Crippen molar-refractivity contribution in [1.29, 1.82) is 0 Å². The van der Waals surface area contributed by atoms with Crippen LogP contribution < -0.4 is 5.32 Å². The quantitative estimate of drug-likeness (QED) is 0.935. The summed E-state index contributed by atoms with van der Waals surface area (Å²) in [7, 11) is 0. The molecule has 1 N–H and O–H groups in total. The number of ketones is 1. The first-order valence-electron chi connectivity index (χ1n) is 8.06. The van der Waals surface area contributed by atoms with Crippen molar-refractivity contribution in [2.45, 2.75) is 31.9 Å². The van der Waals surface area contributed by atoms with Gasteiger partial charge in [0.1, 0.15) is 0 Å². The molecule has 0 aromatic heterocycles. The molecule has 0 spiro atoms. The molecule has 3 heteroatoms. The highest BCUT2D eigenvalue weighted by Crippen LogP contribution is 2.38. The number of rotatable bonds is 4. The van der Waals surface area contributed by atoms with E-state index in [9.17, 15) is 4.79 Å². The van der Waals surface area contributed by atoms with Crippen LogP contribution in [0, 0.1) is 6.92 Å². The van der Waals surface area contributed by atoms with Crippen molar-refractivity contribution in [2.24, 2.45) is 0 Å². The number of aryl methyl sites for hydroxylation is 1. The van der Waals surface area contributed by atoms with E-state index in [1.165, 1.54) is 0 Å². The zero-order valence-corrected chi connectivity index (χ0v) is 13.1. The van der Waals surface area contributed by atoms with Crippen LogP contribution in [0.1, 0.15) is 35.6 Å². The molecular formula is C20H19NO2. The minimum Gasteiger partial charge on any atom is -0.462 e. The maximum Gasteiger partial charge on any atom is 0.213 e. The van der Waals surface area contributed by atoms with Crippen LogP contribution in [0.2, 0.25) is 0 Å². The third-order valence-electron chi connectivity index (χ3n) is 4.27. The fourth-order valence-corrected chi connectivity index (χ4v) is 2.91. The summed E-state index contributed by atoms with van der Waals surface area (Å²) in [6.45, 7) is 2.03. The number of ether oxygens (including phenoxy) is 1. The maximum absolute atomic E-state index is 13.0. The predicted molar refractivity (Wildman–Crippen MR) is 89.5 cm³/mol. The molecule has 0 radical (unpaired) electrons. The van der Waals surface area contributed by atoms with E-state index in [1.807, 2.05) is 61.5 Å². The summed E-state index contributed by atoms with van der Waals surface area (Å²) in [5, 5.41) is 3.39. The SMILES string of the molecule is Cc1cccc(C2=C(NC3CC3)OC(c3ccccc3)C2=O)c1. The van der Waals surface area contributed by atoms with Gasteiger partial charge in [-0.25, -0.2) is 0 Å². The Hall–Kier alpha value is -2.55. The standard InChI is InChI=1S/C20H19NO2/c1-13-6-5-9-15(12-13)17-18(22)19(14-7-3-2-4-8-14)23-20(17)21-16-10-11-16/h2-9,12,16,19,21H,10-11H2,1H3. The van der Waals surface area contributed by atoms with E-state index in [4.69, 9.17) is 4.74 Å². The molecule has 0 bridgehead atoms. The second-order valence-corrected chi connectivity index (χ2v) is 6.27. The molecule has 1 unspecified atom stereocenters. The molecule has 1 saturated carbocycles. The number of hydrogen-bond donors (Lipinski definition) is 1. The molecule has 0 amide bonds. The molecule has 2 aromatic carbocycles. The molecular weight excluding hydrogens is 286 g/mol.